The highest BCUT2D eigenvalue weighted by atomic mass is 16.5. The maximum absolute atomic E-state index is 11.0. The lowest BCUT2D eigenvalue weighted by Gasteiger charge is -2.05. The highest BCUT2D eigenvalue weighted by molar-refractivity contribution is 5.96. The van der Waals surface area contributed by atoms with Gasteiger partial charge < -0.3 is 4.74 Å². The molecule has 0 saturated carbocycles. The SMILES string of the molecule is Cc1ccc2c(c1)C=CC(=O)CO2. The van der Waals surface area contributed by atoms with Crippen molar-refractivity contribution in [2.24, 2.45) is 0 Å². The summed E-state index contributed by atoms with van der Waals surface area (Å²) in [5.74, 6) is 0.793. The van der Waals surface area contributed by atoms with Crippen LogP contribution in [0.4, 0.5) is 0 Å². The van der Waals surface area contributed by atoms with Crippen molar-refractivity contribution in [1.82, 2.24) is 0 Å². The molecule has 0 N–H and O–H groups in total. The summed E-state index contributed by atoms with van der Waals surface area (Å²) in [6, 6.07) is 5.88. The molecule has 1 aliphatic heterocycles. The molecule has 66 valence electrons. The largest absolute Gasteiger partial charge is 0.485 e. The molecule has 1 aliphatic rings. The van der Waals surface area contributed by atoms with Gasteiger partial charge >= 0.3 is 0 Å². The molecule has 1 heterocycles. The third-order valence-electron chi connectivity index (χ3n) is 1.98. The molecule has 2 rings (SSSR count). The van der Waals surface area contributed by atoms with Crippen LogP contribution in [0.3, 0.4) is 0 Å². The highest BCUT2D eigenvalue weighted by Gasteiger charge is 2.07. The Morgan fingerprint density at radius 2 is 2.15 bits per heavy atom. The van der Waals surface area contributed by atoms with Crippen molar-refractivity contribution < 1.29 is 9.53 Å². The van der Waals surface area contributed by atoms with Crippen molar-refractivity contribution in [3.63, 3.8) is 0 Å². The lowest BCUT2D eigenvalue weighted by molar-refractivity contribution is -0.116. The molecule has 1 aromatic rings. The highest BCUT2D eigenvalue weighted by Crippen LogP contribution is 2.23. The van der Waals surface area contributed by atoms with Crippen LogP contribution in [-0.2, 0) is 4.79 Å². The molecule has 0 aromatic heterocycles. The van der Waals surface area contributed by atoms with Crippen molar-refractivity contribution in [2.75, 3.05) is 6.61 Å². The van der Waals surface area contributed by atoms with Crippen LogP contribution < -0.4 is 4.74 Å². The van der Waals surface area contributed by atoms with Gasteiger partial charge in [0, 0.05) is 5.56 Å². The summed E-state index contributed by atoms with van der Waals surface area (Å²) >= 11 is 0. The minimum absolute atomic E-state index is 0.00820. The first kappa shape index (κ1) is 8.05. The fourth-order valence-electron chi connectivity index (χ4n) is 1.31. The van der Waals surface area contributed by atoms with Crippen LogP contribution in [-0.4, -0.2) is 12.4 Å². The minimum Gasteiger partial charge on any atom is -0.485 e. The molecule has 2 heteroatoms. The van der Waals surface area contributed by atoms with Gasteiger partial charge in [-0.05, 0) is 31.2 Å². The second kappa shape index (κ2) is 3.05. The molecule has 13 heavy (non-hydrogen) atoms. The molecule has 2 nitrogen and oxygen atoms in total. The van der Waals surface area contributed by atoms with Crippen LogP contribution in [0.25, 0.3) is 6.08 Å². The van der Waals surface area contributed by atoms with Crippen LogP contribution in [0.2, 0.25) is 0 Å². The van der Waals surface area contributed by atoms with E-state index >= 15 is 0 Å². The summed E-state index contributed by atoms with van der Waals surface area (Å²) in [7, 11) is 0. The average Bonchev–Trinajstić information content (AvgIpc) is 2.29. The molecule has 0 aliphatic carbocycles. The molecular weight excluding hydrogens is 164 g/mol. The zero-order valence-electron chi connectivity index (χ0n) is 7.41. The van der Waals surface area contributed by atoms with Crippen molar-refractivity contribution in [3.05, 3.63) is 35.4 Å². The van der Waals surface area contributed by atoms with Crippen LogP contribution in [0.15, 0.2) is 24.3 Å². The minimum atomic E-state index is 0.00820. The zero-order chi connectivity index (χ0) is 9.26. The van der Waals surface area contributed by atoms with Gasteiger partial charge in [-0.25, -0.2) is 0 Å². The normalized spacial score (nSPS) is 14.7. The molecule has 1 aromatic carbocycles. The van der Waals surface area contributed by atoms with Gasteiger partial charge in [-0.2, -0.15) is 0 Å². The fraction of sp³-hybridized carbons (Fsp3) is 0.182. The Balaban J connectivity index is 2.47. The predicted molar refractivity (Wildman–Crippen MR) is 50.7 cm³/mol. The van der Waals surface area contributed by atoms with Gasteiger partial charge in [0.05, 0.1) is 0 Å². The van der Waals surface area contributed by atoms with Crippen LogP contribution in [0.1, 0.15) is 11.1 Å². The molecule has 0 saturated heterocycles. The van der Waals surface area contributed by atoms with Gasteiger partial charge in [-0.3, -0.25) is 4.79 Å². The number of fused-ring (bicyclic) bond motifs is 1. The number of aryl methyl sites for hydroxylation is 1. The van der Waals surface area contributed by atoms with E-state index in [0.29, 0.717) is 0 Å². The average molecular weight is 174 g/mol. The topological polar surface area (TPSA) is 26.3 Å². The summed E-state index contributed by atoms with van der Waals surface area (Å²) in [6.45, 7) is 2.16. The Labute approximate surface area is 76.8 Å². The van der Waals surface area contributed by atoms with E-state index in [0.717, 1.165) is 11.3 Å². The van der Waals surface area contributed by atoms with Crippen molar-refractivity contribution in [3.8, 4) is 5.75 Å². The Morgan fingerprint density at radius 1 is 1.31 bits per heavy atom. The van der Waals surface area contributed by atoms with Crippen molar-refractivity contribution in [1.29, 1.82) is 0 Å². The third-order valence-corrected chi connectivity index (χ3v) is 1.98. The summed E-state index contributed by atoms with van der Waals surface area (Å²) in [5.41, 5.74) is 2.15. The van der Waals surface area contributed by atoms with Crippen molar-refractivity contribution in [2.45, 2.75) is 6.92 Å². The summed E-state index contributed by atoms with van der Waals surface area (Å²) in [6.07, 6.45) is 3.36. The zero-order valence-corrected chi connectivity index (χ0v) is 7.41. The number of hydrogen-bond acceptors (Lipinski definition) is 2. The maximum atomic E-state index is 11.0. The van der Waals surface area contributed by atoms with E-state index in [9.17, 15) is 4.79 Å². The van der Waals surface area contributed by atoms with E-state index < -0.39 is 0 Å². The van der Waals surface area contributed by atoms with E-state index in [2.05, 4.69) is 0 Å². The van der Waals surface area contributed by atoms with Crippen molar-refractivity contribution >= 4 is 11.9 Å². The first-order valence-electron chi connectivity index (χ1n) is 4.20. The second-order valence-electron chi connectivity index (χ2n) is 3.13. The molecule has 0 spiro atoms. The third kappa shape index (κ3) is 1.61. The number of rotatable bonds is 0. The summed E-state index contributed by atoms with van der Waals surface area (Å²) in [4.78, 5) is 11.0. The smallest absolute Gasteiger partial charge is 0.193 e. The Kier molecular flexibility index (Phi) is 1.89. The number of carbonyl (C=O) groups excluding carboxylic acids is 1. The number of ketones is 1. The number of hydrogen-bond donors (Lipinski definition) is 0. The standard InChI is InChI=1S/C11H10O2/c1-8-2-5-11-9(6-8)3-4-10(12)7-13-11/h2-6H,7H2,1H3. The molecule has 0 fully saturated rings. The monoisotopic (exact) mass is 174 g/mol. The first-order valence-corrected chi connectivity index (χ1v) is 4.20. The summed E-state index contributed by atoms with van der Waals surface area (Å²) in [5, 5.41) is 0. The van der Waals surface area contributed by atoms with Crippen LogP contribution in [0.5, 0.6) is 5.75 Å². The van der Waals surface area contributed by atoms with Crippen LogP contribution in [0, 0.1) is 6.92 Å². The predicted octanol–water partition coefficient (Wildman–Crippen LogP) is 1.97. The first-order chi connectivity index (χ1) is 6.25. The maximum Gasteiger partial charge on any atom is 0.193 e. The lowest BCUT2D eigenvalue weighted by Crippen LogP contribution is -2.06. The number of benzene rings is 1. The molecule has 0 atom stereocenters. The van der Waals surface area contributed by atoms with Gasteiger partial charge in [-0.15, -0.1) is 0 Å². The molecule has 0 bridgehead atoms. The Bertz CT molecular complexity index is 378. The molecule has 0 radical (unpaired) electrons. The number of carbonyl (C=O) groups is 1. The molecule has 0 amide bonds. The van der Waals surface area contributed by atoms with E-state index in [1.165, 1.54) is 5.56 Å². The fourth-order valence-corrected chi connectivity index (χ4v) is 1.31. The van der Waals surface area contributed by atoms with Gasteiger partial charge in [0.1, 0.15) is 5.75 Å². The van der Waals surface area contributed by atoms with Gasteiger partial charge in [0.2, 0.25) is 0 Å². The van der Waals surface area contributed by atoms with E-state index in [4.69, 9.17) is 4.74 Å². The van der Waals surface area contributed by atoms with E-state index in [-0.39, 0.29) is 12.4 Å². The Morgan fingerprint density at radius 3 is 3.00 bits per heavy atom. The lowest BCUT2D eigenvalue weighted by atomic mass is 10.1. The van der Waals surface area contributed by atoms with Crippen LogP contribution >= 0.6 is 0 Å². The van der Waals surface area contributed by atoms with E-state index in [1.54, 1.807) is 12.2 Å². The van der Waals surface area contributed by atoms with Gasteiger partial charge in [0.15, 0.2) is 12.4 Å². The summed E-state index contributed by atoms with van der Waals surface area (Å²) < 4.78 is 5.30. The van der Waals surface area contributed by atoms with E-state index in [1.807, 2.05) is 25.1 Å². The van der Waals surface area contributed by atoms with Gasteiger partial charge in [-0.1, -0.05) is 11.6 Å². The van der Waals surface area contributed by atoms with Gasteiger partial charge in [0.25, 0.3) is 0 Å². The quantitative estimate of drug-likeness (QED) is 0.601. The number of ether oxygens (including phenoxy) is 1. The molecule has 0 unspecified atom stereocenters. The molecular formula is C11H10O2. The second-order valence-corrected chi connectivity index (χ2v) is 3.13. The Hall–Kier alpha value is -1.57.